The number of carbonyl (C=O) groups is 2. The van der Waals surface area contributed by atoms with E-state index >= 15 is 0 Å². The van der Waals surface area contributed by atoms with Gasteiger partial charge in [0.2, 0.25) is 0 Å². The van der Waals surface area contributed by atoms with Crippen molar-refractivity contribution in [1.82, 2.24) is 10.6 Å². The second-order valence-electron chi connectivity index (χ2n) is 3.95. The zero-order valence-corrected chi connectivity index (χ0v) is 9.36. The molecule has 0 spiro atoms. The molecule has 1 unspecified atom stereocenters. The summed E-state index contributed by atoms with van der Waals surface area (Å²) in [5.74, 6) is -1.09. The number of amides is 2. The molecule has 6 heteroatoms. The Kier molecular flexibility index (Phi) is 5.04. The Hall–Kier alpha value is -1.30. The lowest BCUT2D eigenvalue weighted by Gasteiger charge is -2.17. The van der Waals surface area contributed by atoms with Crippen LogP contribution in [-0.2, 0) is 9.53 Å². The summed E-state index contributed by atoms with van der Waals surface area (Å²) < 4.78 is 4.71. The third-order valence-electron chi connectivity index (χ3n) is 2.63. The zero-order valence-electron chi connectivity index (χ0n) is 9.36. The minimum absolute atomic E-state index is 0.0343. The molecule has 1 atom stereocenters. The Balaban J connectivity index is 2.32. The van der Waals surface area contributed by atoms with Gasteiger partial charge in [-0.05, 0) is 12.8 Å². The molecule has 0 heterocycles. The summed E-state index contributed by atoms with van der Waals surface area (Å²) in [7, 11) is 1.40. The first-order chi connectivity index (χ1) is 7.63. The fourth-order valence-electron chi connectivity index (χ4n) is 1.80. The summed E-state index contributed by atoms with van der Waals surface area (Å²) in [6.07, 6.45) is 4.17. The highest BCUT2D eigenvalue weighted by Gasteiger charge is 2.22. The molecule has 0 aliphatic heterocycles. The number of urea groups is 1. The molecule has 1 saturated carbocycles. The van der Waals surface area contributed by atoms with Crippen LogP contribution in [0.5, 0.6) is 0 Å². The first-order valence-corrected chi connectivity index (χ1v) is 5.42. The maximum Gasteiger partial charge on any atom is 0.328 e. The molecule has 0 aromatic heterocycles. The van der Waals surface area contributed by atoms with Gasteiger partial charge in [0.25, 0.3) is 0 Å². The molecule has 3 N–H and O–H groups in total. The maximum atomic E-state index is 11.4. The fourth-order valence-corrected chi connectivity index (χ4v) is 1.80. The van der Waals surface area contributed by atoms with Gasteiger partial charge >= 0.3 is 12.0 Å². The molecular weight excluding hydrogens is 212 g/mol. The number of hydrogen-bond donors (Lipinski definition) is 3. The van der Waals surface area contributed by atoms with Gasteiger partial charge in [-0.2, -0.15) is 0 Å². The molecule has 1 fully saturated rings. The van der Waals surface area contributed by atoms with Crippen LogP contribution in [0.1, 0.15) is 25.7 Å². The number of nitrogens with one attached hydrogen (secondary N) is 2. The van der Waals surface area contributed by atoms with Gasteiger partial charge in [-0.3, -0.25) is 0 Å². The van der Waals surface area contributed by atoms with Crippen LogP contribution in [0.15, 0.2) is 0 Å². The van der Waals surface area contributed by atoms with Crippen molar-refractivity contribution in [3.05, 3.63) is 0 Å². The monoisotopic (exact) mass is 230 g/mol. The average Bonchev–Trinajstić information content (AvgIpc) is 2.69. The third kappa shape index (κ3) is 4.06. The SMILES string of the molecule is COCC(NC(=O)NC1CCCC1)C(=O)O. The molecule has 92 valence electrons. The standard InChI is InChI=1S/C10H18N2O4/c1-16-6-8(9(13)14)12-10(15)11-7-4-2-3-5-7/h7-8H,2-6H2,1H3,(H,13,14)(H2,11,12,15). The Morgan fingerprint density at radius 2 is 2.06 bits per heavy atom. The maximum absolute atomic E-state index is 11.4. The molecule has 0 aromatic rings. The molecule has 0 saturated heterocycles. The zero-order chi connectivity index (χ0) is 12.0. The smallest absolute Gasteiger partial charge is 0.328 e. The molecule has 1 aliphatic carbocycles. The van der Waals surface area contributed by atoms with Crippen molar-refractivity contribution < 1.29 is 19.4 Å². The van der Waals surface area contributed by atoms with E-state index in [4.69, 9.17) is 9.84 Å². The van der Waals surface area contributed by atoms with E-state index in [0.29, 0.717) is 0 Å². The van der Waals surface area contributed by atoms with Crippen molar-refractivity contribution in [2.24, 2.45) is 0 Å². The summed E-state index contributed by atoms with van der Waals surface area (Å²) in [5.41, 5.74) is 0. The summed E-state index contributed by atoms with van der Waals surface area (Å²) in [5, 5.41) is 13.9. The highest BCUT2D eigenvalue weighted by molar-refractivity contribution is 5.82. The van der Waals surface area contributed by atoms with Gasteiger partial charge < -0.3 is 20.5 Å². The number of carbonyl (C=O) groups excluding carboxylic acids is 1. The lowest BCUT2D eigenvalue weighted by molar-refractivity contribution is -0.140. The van der Waals surface area contributed by atoms with Gasteiger partial charge in [-0.25, -0.2) is 9.59 Å². The van der Waals surface area contributed by atoms with Crippen LogP contribution >= 0.6 is 0 Å². The fraction of sp³-hybridized carbons (Fsp3) is 0.800. The number of ether oxygens (including phenoxy) is 1. The number of carboxylic acid groups (broad SMARTS) is 1. The van der Waals surface area contributed by atoms with E-state index in [-0.39, 0.29) is 12.6 Å². The van der Waals surface area contributed by atoms with E-state index in [1.54, 1.807) is 0 Å². The number of carboxylic acids is 1. The largest absolute Gasteiger partial charge is 0.480 e. The lowest BCUT2D eigenvalue weighted by Crippen LogP contribution is -2.50. The van der Waals surface area contributed by atoms with Gasteiger partial charge in [0.15, 0.2) is 6.04 Å². The quantitative estimate of drug-likeness (QED) is 0.635. The van der Waals surface area contributed by atoms with Gasteiger partial charge in [-0.1, -0.05) is 12.8 Å². The number of aliphatic carboxylic acids is 1. The molecule has 0 radical (unpaired) electrons. The second kappa shape index (κ2) is 6.32. The van der Waals surface area contributed by atoms with Crippen LogP contribution in [0.4, 0.5) is 4.79 Å². The van der Waals surface area contributed by atoms with Crippen LogP contribution in [0.2, 0.25) is 0 Å². The molecule has 0 aromatic carbocycles. The highest BCUT2D eigenvalue weighted by Crippen LogP contribution is 2.17. The molecule has 16 heavy (non-hydrogen) atoms. The lowest BCUT2D eigenvalue weighted by atomic mass is 10.2. The van der Waals surface area contributed by atoms with Crippen LogP contribution in [0, 0.1) is 0 Å². The van der Waals surface area contributed by atoms with Gasteiger partial charge in [0.05, 0.1) is 6.61 Å². The third-order valence-corrected chi connectivity index (χ3v) is 2.63. The van der Waals surface area contributed by atoms with E-state index in [0.717, 1.165) is 25.7 Å². The van der Waals surface area contributed by atoms with Crippen LogP contribution < -0.4 is 10.6 Å². The predicted octanol–water partition coefficient (Wildman–Crippen LogP) is 0.328. The Morgan fingerprint density at radius 1 is 1.44 bits per heavy atom. The number of methoxy groups -OCH3 is 1. The summed E-state index contributed by atoms with van der Waals surface area (Å²) in [6.45, 7) is -0.0343. The van der Waals surface area contributed by atoms with Crippen molar-refractivity contribution in [3.8, 4) is 0 Å². The van der Waals surface area contributed by atoms with Gasteiger partial charge in [0, 0.05) is 13.2 Å². The number of hydrogen-bond acceptors (Lipinski definition) is 3. The van der Waals surface area contributed by atoms with E-state index in [1.807, 2.05) is 0 Å². The molecular formula is C10H18N2O4. The van der Waals surface area contributed by atoms with Crippen molar-refractivity contribution in [2.75, 3.05) is 13.7 Å². The normalized spacial score (nSPS) is 18.1. The Labute approximate surface area is 94.3 Å². The average molecular weight is 230 g/mol. The van der Waals surface area contributed by atoms with Gasteiger partial charge in [-0.15, -0.1) is 0 Å². The summed E-state index contributed by atoms with van der Waals surface area (Å²) >= 11 is 0. The Bertz CT molecular complexity index is 251. The van der Waals surface area contributed by atoms with E-state index in [9.17, 15) is 9.59 Å². The van der Waals surface area contributed by atoms with Crippen molar-refractivity contribution in [1.29, 1.82) is 0 Å². The minimum Gasteiger partial charge on any atom is -0.480 e. The number of rotatable bonds is 5. The van der Waals surface area contributed by atoms with Crippen LogP contribution in [0.25, 0.3) is 0 Å². The van der Waals surface area contributed by atoms with Crippen molar-refractivity contribution >= 4 is 12.0 Å². The van der Waals surface area contributed by atoms with E-state index < -0.39 is 18.0 Å². The van der Waals surface area contributed by atoms with Crippen LogP contribution in [-0.4, -0.2) is 42.9 Å². The molecule has 1 aliphatic rings. The van der Waals surface area contributed by atoms with E-state index in [2.05, 4.69) is 10.6 Å². The molecule has 1 rings (SSSR count). The summed E-state index contributed by atoms with van der Waals surface area (Å²) in [4.78, 5) is 22.2. The summed E-state index contributed by atoms with van der Waals surface area (Å²) in [6, 6.07) is -1.25. The minimum atomic E-state index is -1.09. The first-order valence-electron chi connectivity index (χ1n) is 5.42. The topological polar surface area (TPSA) is 87.7 Å². The molecule has 2 amide bonds. The predicted molar refractivity (Wildman–Crippen MR) is 57.2 cm³/mol. The van der Waals surface area contributed by atoms with E-state index in [1.165, 1.54) is 7.11 Å². The van der Waals surface area contributed by atoms with Gasteiger partial charge in [0.1, 0.15) is 0 Å². The first kappa shape index (κ1) is 12.8. The Morgan fingerprint density at radius 3 is 2.56 bits per heavy atom. The highest BCUT2D eigenvalue weighted by atomic mass is 16.5. The molecule has 6 nitrogen and oxygen atoms in total. The second-order valence-corrected chi connectivity index (χ2v) is 3.95. The van der Waals surface area contributed by atoms with Crippen LogP contribution in [0.3, 0.4) is 0 Å². The van der Waals surface area contributed by atoms with Crippen molar-refractivity contribution in [2.45, 2.75) is 37.8 Å². The van der Waals surface area contributed by atoms with Crippen molar-refractivity contribution in [3.63, 3.8) is 0 Å². The molecule has 0 bridgehead atoms.